The van der Waals surface area contributed by atoms with E-state index >= 15 is 0 Å². The number of piperidine rings is 1. The van der Waals surface area contributed by atoms with Gasteiger partial charge in [-0.25, -0.2) is 9.97 Å². The minimum absolute atomic E-state index is 0.588. The van der Waals surface area contributed by atoms with Gasteiger partial charge in [0, 0.05) is 18.7 Å². The van der Waals surface area contributed by atoms with Crippen LogP contribution in [0.15, 0.2) is 0 Å². The van der Waals surface area contributed by atoms with Gasteiger partial charge in [-0.2, -0.15) is 0 Å². The molecular weight excluding hydrogens is 234 g/mol. The van der Waals surface area contributed by atoms with Crippen molar-refractivity contribution in [1.82, 2.24) is 9.97 Å². The maximum Gasteiger partial charge on any atom is 0.137 e. The summed E-state index contributed by atoms with van der Waals surface area (Å²) in [6.45, 7) is 8.35. The van der Waals surface area contributed by atoms with Gasteiger partial charge in [0.2, 0.25) is 0 Å². The molecule has 1 aliphatic heterocycles. The van der Waals surface area contributed by atoms with Crippen molar-refractivity contribution in [3.8, 4) is 0 Å². The second-order valence-corrected chi connectivity index (χ2v) is 5.21. The fourth-order valence-corrected chi connectivity index (χ4v) is 2.65. The highest BCUT2D eigenvalue weighted by Crippen LogP contribution is 2.28. The summed E-state index contributed by atoms with van der Waals surface area (Å²) in [5, 5.41) is 0.588. The van der Waals surface area contributed by atoms with E-state index in [1.54, 1.807) is 0 Å². The average molecular weight is 254 g/mol. The smallest absolute Gasteiger partial charge is 0.137 e. The van der Waals surface area contributed by atoms with E-state index in [0.29, 0.717) is 5.15 Å². The molecule has 0 unspecified atom stereocenters. The molecule has 0 radical (unpaired) electrons. The first-order valence-electron chi connectivity index (χ1n) is 6.37. The van der Waals surface area contributed by atoms with E-state index in [0.717, 1.165) is 36.2 Å². The summed E-state index contributed by atoms with van der Waals surface area (Å²) in [6, 6.07) is 0. The van der Waals surface area contributed by atoms with Gasteiger partial charge in [-0.15, -0.1) is 0 Å². The Morgan fingerprint density at radius 1 is 1.24 bits per heavy atom. The van der Waals surface area contributed by atoms with Crippen molar-refractivity contribution in [2.75, 3.05) is 18.0 Å². The molecule has 0 bridgehead atoms. The Labute approximate surface area is 108 Å². The molecule has 4 heteroatoms. The normalized spacial score (nSPS) is 17.5. The van der Waals surface area contributed by atoms with Crippen molar-refractivity contribution in [3.05, 3.63) is 16.5 Å². The molecule has 17 heavy (non-hydrogen) atoms. The Hall–Kier alpha value is -0.830. The number of hydrogen-bond acceptors (Lipinski definition) is 3. The number of halogens is 1. The summed E-state index contributed by atoms with van der Waals surface area (Å²) in [6.07, 6.45) is 3.81. The Morgan fingerprint density at radius 3 is 2.47 bits per heavy atom. The van der Waals surface area contributed by atoms with E-state index in [-0.39, 0.29) is 0 Å². The Balaban J connectivity index is 2.18. The lowest BCUT2D eigenvalue weighted by Crippen LogP contribution is -2.34. The van der Waals surface area contributed by atoms with E-state index in [1.165, 1.54) is 19.3 Å². The molecular formula is C13H20ClN3. The molecule has 1 aromatic rings. The van der Waals surface area contributed by atoms with Gasteiger partial charge in [-0.05, 0) is 32.6 Å². The van der Waals surface area contributed by atoms with E-state index in [9.17, 15) is 0 Å². The topological polar surface area (TPSA) is 29.0 Å². The van der Waals surface area contributed by atoms with Gasteiger partial charge in [0.05, 0.1) is 0 Å². The van der Waals surface area contributed by atoms with Crippen LogP contribution in [0.2, 0.25) is 5.15 Å². The number of anilines is 1. The maximum atomic E-state index is 6.12. The highest BCUT2D eigenvalue weighted by Gasteiger charge is 2.21. The molecule has 0 N–H and O–H groups in total. The largest absolute Gasteiger partial charge is 0.356 e. The molecule has 1 aliphatic rings. The van der Waals surface area contributed by atoms with Crippen molar-refractivity contribution in [2.24, 2.45) is 5.92 Å². The minimum atomic E-state index is 0.588. The number of hydrogen-bond donors (Lipinski definition) is 0. The molecule has 2 rings (SSSR count). The summed E-state index contributed by atoms with van der Waals surface area (Å²) < 4.78 is 0. The average Bonchev–Trinajstić information content (AvgIpc) is 2.34. The Kier molecular flexibility index (Phi) is 3.87. The molecule has 0 atom stereocenters. The summed E-state index contributed by atoms with van der Waals surface area (Å²) in [4.78, 5) is 11.1. The van der Waals surface area contributed by atoms with E-state index in [2.05, 4.69) is 21.8 Å². The first-order valence-corrected chi connectivity index (χ1v) is 6.75. The zero-order chi connectivity index (χ0) is 12.4. The molecule has 3 nitrogen and oxygen atoms in total. The van der Waals surface area contributed by atoms with Crippen molar-refractivity contribution in [3.63, 3.8) is 0 Å². The van der Waals surface area contributed by atoms with Gasteiger partial charge in [0.25, 0.3) is 0 Å². The van der Waals surface area contributed by atoms with Crippen LogP contribution < -0.4 is 4.90 Å². The number of aryl methyl sites for hydroxylation is 1. The highest BCUT2D eigenvalue weighted by atomic mass is 35.5. The second kappa shape index (κ2) is 5.21. The summed E-state index contributed by atoms with van der Waals surface area (Å²) in [7, 11) is 0. The minimum Gasteiger partial charge on any atom is -0.356 e. The van der Waals surface area contributed by atoms with Gasteiger partial charge in [-0.1, -0.05) is 24.9 Å². The molecule has 0 aliphatic carbocycles. The van der Waals surface area contributed by atoms with Gasteiger partial charge in [0.1, 0.15) is 16.8 Å². The van der Waals surface area contributed by atoms with Crippen molar-refractivity contribution < 1.29 is 0 Å². The number of nitrogens with zero attached hydrogens (tertiary/aromatic N) is 3. The van der Waals surface area contributed by atoms with Crippen molar-refractivity contribution in [1.29, 1.82) is 0 Å². The predicted molar refractivity (Wildman–Crippen MR) is 71.7 cm³/mol. The lowest BCUT2D eigenvalue weighted by Gasteiger charge is -2.33. The summed E-state index contributed by atoms with van der Waals surface area (Å²) >= 11 is 6.12. The fourth-order valence-electron chi connectivity index (χ4n) is 2.44. The second-order valence-electron chi connectivity index (χ2n) is 4.85. The van der Waals surface area contributed by atoms with Gasteiger partial charge in [-0.3, -0.25) is 0 Å². The third-order valence-corrected chi connectivity index (χ3v) is 4.03. The lowest BCUT2D eigenvalue weighted by molar-refractivity contribution is 0.393. The number of rotatable bonds is 2. The zero-order valence-electron chi connectivity index (χ0n) is 10.8. The monoisotopic (exact) mass is 253 g/mol. The van der Waals surface area contributed by atoms with Crippen LogP contribution in [0, 0.1) is 19.8 Å². The number of aromatic nitrogens is 2. The fraction of sp³-hybridized carbons (Fsp3) is 0.692. The van der Waals surface area contributed by atoms with Crippen LogP contribution in [-0.4, -0.2) is 23.1 Å². The van der Waals surface area contributed by atoms with Crippen molar-refractivity contribution >= 4 is 17.4 Å². The van der Waals surface area contributed by atoms with Gasteiger partial charge >= 0.3 is 0 Å². The molecule has 94 valence electrons. The van der Waals surface area contributed by atoms with Crippen LogP contribution in [0.4, 0.5) is 5.82 Å². The molecule has 1 fully saturated rings. The third-order valence-electron chi connectivity index (χ3n) is 3.66. The molecule has 1 aromatic heterocycles. The maximum absolute atomic E-state index is 6.12. The SMILES string of the molecule is CCC1CCN(c2nc(C)nc(Cl)c2C)CC1. The molecule has 0 aromatic carbocycles. The van der Waals surface area contributed by atoms with Crippen molar-refractivity contribution in [2.45, 2.75) is 40.0 Å². The van der Waals surface area contributed by atoms with E-state index < -0.39 is 0 Å². The molecule has 0 amide bonds. The van der Waals surface area contributed by atoms with Crippen LogP contribution in [0.25, 0.3) is 0 Å². The zero-order valence-corrected chi connectivity index (χ0v) is 11.6. The molecule has 1 saturated heterocycles. The highest BCUT2D eigenvalue weighted by molar-refractivity contribution is 6.30. The van der Waals surface area contributed by atoms with Crippen LogP contribution in [0.1, 0.15) is 37.6 Å². The van der Waals surface area contributed by atoms with Gasteiger partial charge < -0.3 is 4.90 Å². The first-order chi connectivity index (χ1) is 8.11. The van der Waals surface area contributed by atoms with Gasteiger partial charge in [0.15, 0.2) is 0 Å². The first kappa shape index (κ1) is 12.6. The Bertz CT molecular complexity index is 398. The molecule has 0 spiro atoms. The third kappa shape index (κ3) is 2.71. The lowest BCUT2D eigenvalue weighted by atomic mass is 9.94. The van der Waals surface area contributed by atoms with Crippen LogP contribution in [-0.2, 0) is 0 Å². The predicted octanol–water partition coefficient (Wildman–Crippen LogP) is 3.37. The molecule has 0 saturated carbocycles. The van der Waals surface area contributed by atoms with Crippen LogP contribution >= 0.6 is 11.6 Å². The summed E-state index contributed by atoms with van der Waals surface area (Å²) in [5.41, 5.74) is 1.01. The quantitative estimate of drug-likeness (QED) is 0.757. The van der Waals surface area contributed by atoms with Crippen LogP contribution in [0.3, 0.4) is 0 Å². The Morgan fingerprint density at radius 2 is 1.88 bits per heavy atom. The standard InChI is InChI=1S/C13H20ClN3/c1-4-11-5-7-17(8-6-11)13-9(2)12(14)15-10(3)16-13/h11H,4-8H2,1-3H3. The van der Waals surface area contributed by atoms with Crippen LogP contribution in [0.5, 0.6) is 0 Å². The van der Waals surface area contributed by atoms with E-state index in [4.69, 9.17) is 11.6 Å². The summed E-state index contributed by atoms with van der Waals surface area (Å²) in [5.74, 6) is 2.66. The van der Waals surface area contributed by atoms with E-state index in [1.807, 2.05) is 13.8 Å². The molecule has 2 heterocycles.